The van der Waals surface area contributed by atoms with Crippen LogP contribution in [0.5, 0.6) is 17.2 Å². The molecular weight excluding hydrogens is 494 g/mol. The number of nitrogens with zero attached hydrogens (tertiary/aromatic N) is 1. The van der Waals surface area contributed by atoms with Crippen LogP contribution in [0.3, 0.4) is 0 Å². The molecule has 0 aliphatic rings. The van der Waals surface area contributed by atoms with Crippen molar-refractivity contribution >= 4 is 11.8 Å². The highest BCUT2D eigenvalue weighted by molar-refractivity contribution is 5.95. The fraction of sp³-hybridized carbons (Fsp3) is 0.344. The van der Waals surface area contributed by atoms with Gasteiger partial charge in [0, 0.05) is 11.1 Å². The molecule has 1 unspecified atom stereocenters. The summed E-state index contributed by atoms with van der Waals surface area (Å²) < 4.78 is 23.1. The summed E-state index contributed by atoms with van der Waals surface area (Å²) in [6, 6.07) is 22.1. The quantitative estimate of drug-likeness (QED) is 0.119. The fourth-order valence-corrected chi connectivity index (χ4v) is 4.12. The molecule has 3 aromatic carbocycles. The molecule has 0 amide bonds. The number of ether oxygens (including phenoxy) is 4. The van der Waals surface area contributed by atoms with Crippen molar-refractivity contribution in [3.8, 4) is 23.3 Å². The summed E-state index contributed by atoms with van der Waals surface area (Å²) in [5.41, 5.74) is 2.63. The maximum Gasteiger partial charge on any atom is 0.344 e. The summed E-state index contributed by atoms with van der Waals surface area (Å²) in [7, 11) is 0. The van der Waals surface area contributed by atoms with Crippen molar-refractivity contribution in [3.63, 3.8) is 0 Å². The number of unbranched alkanes of at least 4 members (excludes halogenated alkanes) is 2. The molecule has 0 bridgehead atoms. The smallest absolute Gasteiger partial charge is 0.344 e. The normalized spacial score (nSPS) is 11.2. The van der Waals surface area contributed by atoms with Crippen molar-refractivity contribution in [1.82, 2.24) is 0 Å². The van der Waals surface area contributed by atoms with Gasteiger partial charge in [0.15, 0.2) is 23.9 Å². The Kier molecular flexibility index (Phi) is 11.4. The van der Waals surface area contributed by atoms with Crippen LogP contribution in [0.25, 0.3) is 0 Å². The zero-order valence-electron chi connectivity index (χ0n) is 22.8. The van der Waals surface area contributed by atoms with Crippen LogP contribution in [0, 0.1) is 11.3 Å². The number of benzene rings is 3. The monoisotopic (exact) mass is 529 g/mol. The van der Waals surface area contributed by atoms with Gasteiger partial charge in [0.25, 0.3) is 0 Å². The molecule has 0 N–H and O–H groups in total. The third-order valence-corrected chi connectivity index (χ3v) is 6.12. The number of rotatable bonds is 15. The van der Waals surface area contributed by atoms with E-state index in [1.165, 1.54) is 6.92 Å². The summed E-state index contributed by atoms with van der Waals surface area (Å²) >= 11 is 0. The molecule has 0 saturated heterocycles. The predicted octanol–water partition coefficient (Wildman–Crippen LogP) is 6.98. The summed E-state index contributed by atoms with van der Waals surface area (Å²) in [5.74, 6) is 0.882. The van der Waals surface area contributed by atoms with E-state index >= 15 is 0 Å². The SMILES string of the molecule is CCCCCC(Oc1c(C#N)cccc1OCc1ccccc1C(C)=O)c1ccc(OCC(=O)OCC)cc1. The standard InChI is InChI=1S/C32H35NO6/c1-4-6-7-14-29(24-16-18-27(19-17-24)37-22-31(35)36-5-2)39-32-25(20-33)12-10-15-30(32)38-21-26-11-8-9-13-28(26)23(3)34/h8-13,15-19,29H,4-7,14,21-22H2,1-3H3. The molecule has 0 aromatic heterocycles. The lowest BCUT2D eigenvalue weighted by Crippen LogP contribution is -2.14. The molecule has 1 atom stereocenters. The largest absolute Gasteiger partial charge is 0.485 e. The molecular formula is C32H35NO6. The van der Waals surface area contributed by atoms with Gasteiger partial charge in [-0.2, -0.15) is 5.26 Å². The molecule has 7 heteroatoms. The molecule has 3 rings (SSSR count). The van der Waals surface area contributed by atoms with Crippen molar-refractivity contribution in [3.05, 3.63) is 89.0 Å². The number of Topliss-reactive ketones (excluding diaryl/α,β-unsaturated/α-hetero) is 1. The van der Waals surface area contributed by atoms with E-state index in [2.05, 4.69) is 13.0 Å². The Morgan fingerprint density at radius 2 is 1.69 bits per heavy atom. The molecule has 3 aromatic rings. The second kappa shape index (κ2) is 15.2. The Labute approximate surface area is 230 Å². The first kappa shape index (κ1) is 29.2. The Morgan fingerprint density at radius 1 is 0.923 bits per heavy atom. The Morgan fingerprint density at radius 3 is 2.38 bits per heavy atom. The lowest BCUT2D eigenvalue weighted by Gasteiger charge is -2.23. The van der Waals surface area contributed by atoms with E-state index in [4.69, 9.17) is 18.9 Å². The Balaban J connectivity index is 1.83. The van der Waals surface area contributed by atoms with Crippen LogP contribution < -0.4 is 14.2 Å². The van der Waals surface area contributed by atoms with Crippen LogP contribution in [-0.4, -0.2) is 25.0 Å². The molecule has 0 fully saturated rings. The molecule has 0 saturated carbocycles. The van der Waals surface area contributed by atoms with Gasteiger partial charge in [-0.05, 0) is 56.5 Å². The predicted molar refractivity (Wildman–Crippen MR) is 148 cm³/mol. The molecule has 0 spiro atoms. The maximum atomic E-state index is 12.0. The topological polar surface area (TPSA) is 94.9 Å². The zero-order valence-corrected chi connectivity index (χ0v) is 22.8. The van der Waals surface area contributed by atoms with Gasteiger partial charge >= 0.3 is 5.97 Å². The molecule has 204 valence electrons. The summed E-state index contributed by atoms with van der Waals surface area (Å²) in [6.07, 6.45) is 3.46. The highest BCUT2D eigenvalue weighted by Crippen LogP contribution is 2.37. The van der Waals surface area contributed by atoms with Crippen molar-refractivity contribution in [2.45, 2.75) is 59.2 Å². The van der Waals surface area contributed by atoms with E-state index in [1.54, 1.807) is 43.3 Å². The number of carbonyl (C=O) groups is 2. The van der Waals surface area contributed by atoms with E-state index in [9.17, 15) is 14.9 Å². The number of para-hydroxylation sites is 1. The van der Waals surface area contributed by atoms with Gasteiger partial charge < -0.3 is 18.9 Å². The van der Waals surface area contributed by atoms with Gasteiger partial charge in [-0.3, -0.25) is 4.79 Å². The lowest BCUT2D eigenvalue weighted by atomic mass is 10.0. The minimum Gasteiger partial charge on any atom is -0.485 e. The Bertz CT molecular complexity index is 1280. The van der Waals surface area contributed by atoms with Crippen molar-refractivity contribution < 1.29 is 28.5 Å². The van der Waals surface area contributed by atoms with Crippen molar-refractivity contribution in [2.75, 3.05) is 13.2 Å². The van der Waals surface area contributed by atoms with Gasteiger partial charge in [0.05, 0.1) is 12.2 Å². The fourth-order valence-electron chi connectivity index (χ4n) is 4.12. The molecule has 39 heavy (non-hydrogen) atoms. The minimum atomic E-state index is -0.422. The van der Waals surface area contributed by atoms with Gasteiger partial charge in [-0.25, -0.2) is 4.79 Å². The van der Waals surface area contributed by atoms with Gasteiger partial charge in [-0.15, -0.1) is 0 Å². The summed E-state index contributed by atoms with van der Waals surface area (Å²) in [4.78, 5) is 23.7. The van der Waals surface area contributed by atoms with E-state index in [0.717, 1.165) is 36.8 Å². The number of hydrogen-bond acceptors (Lipinski definition) is 7. The van der Waals surface area contributed by atoms with E-state index < -0.39 is 5.97 Å². The van der Waals surface area contributed by atoms with Crippen LogP contribution in [0.15, 0.2) is 66.7 Å². The molecule has 0 aliphatic carbocycles. The molecule has 7 nitrogen and oxygen atoms in total. The second-order valence-electron chi connectivity index (χ2n) is 9.01. The number of nitriles is 1. The molecule has 0 heterocycles. The average Bonchev–Trinajstić information content (AvgIpc) is 2.95. The third-order valence-electron chi connectivity index (χ3n) is 6.12. The first-order valence-corrected chi connectivity index (χ1v) is 13.3. The average molecular weight is 530 g/mol. The number of ketones is 1. The van der Waals surface area contributed by atoms with Crippen LogP contribution in [0.1, 0.15) is 79.6 Å². The van der Waals surface area contributed by atoms with E-state index in [-0.39, 0.29) is 25.1 Å². The van der Waals surface area contributed by atoms with Gasteiger partial charge in [0.1, 0.15) is 24.5 Å². The highest BCUT2D eigenvalue weighted by atomic mass is 16.6. The second-order valence-corrected chi connectivity index (χ2v) is 9.01. The first-order valence-electron chi connectivity index (χ1n) is 13.3. The van der Waals surface area contributed by atoms with E-state index in [1.807, 2.05) is 30.3 Å². The molecule has 0 radical (unpaired) electrons. The van der Waals surface area contributed by atoms with Crippen LogP contribution in [0.4, 0.5) is 0 Å². The lowest BCUT2D eigenvalue weighted by molar-refractivity contribution is -0.145. The number of carbonyl (C=O) groups excluding carboxylic acids is 2. The minimum absolute atomic E-state index is 0.0397. The zero-order chi connectivity index (χ0) is 28.0. The van der Waals surface area contributed by atoms with Crippen molar-refractivity contribution in [2.24, 2.45) is 0 Å². The summed E-state index contributed by atoms with van der Waals surface area (Å²) in [5, 5.41) is 9.84. The van der Waals surface area contributed by atoms with Crippen LogP contribution in [0.2, 0.25) is 0 Å². The first-order chi connectivity index (χ1) is 19.0. The van der Waals surface area contributed by atoms with E-state index in [0.29, 0.717) is 35.0 Å². The number of esters is 1. The Hall–Kier alpha value is -4.31. The molecule has 0 aliphatic heterocycles. The van der Waals surface area contributed by atoms with Crippen molar-refractivity contribution in [1.29, 1.82) is 5.26 Å². The highest BCUT2D eigenvalue weighted by Gasteiger charge is 2.20. The number of hydrogen-bond donors (Lipinski definition) is 0. The third kappa shape index (κ3) is 8.61. The van der Waals surface area contributed by atoms with Crippen LogP contribution >= 0.6 is 0 Å². The van der Waals surface area contributed by atoms with Gasteiger partial charge in [0.2, 0.25) is 0 Å². The summed E-state index contributed by atoms with van der Waals surface area (Å²) in [6.45, 7) is 5.72. The van der Waals surface area contributed by atoms with Crippen LogP contribution in [-0.2, 0) is 16.1 Å². The maximum absolute atomic E-state index is 12.0. The van der Waals surface area contributed by atoms with Gasteiger partial charge in [-0.1, -0.05) is 62.2 Å².